The molecule has 22 heavy (non-hydrogen) atoms. The third-order valence-electron chi connectivity index (χ3n) is 6.76. The molecule has 3 aliphatic rings. The lowest BCUT2D eigenvalue weighted by Crippen LogP contribution is -2.63. The van der Waals surface area contributed by atoms with Gasteiger partial charge in [0.05, 0.1) is 18.8 Å². The molecule has 1 aliphatic heterocycles. The second-order valence-electron chi connectivity index (χ2n) is 7.59. The van der Waals surface area contributed by atoms with E-state index in [-0.39, 0.29) is 29.8 Å². The van der Waals surface area contributed by atoms with Gasteiger partial charge < -0.3 is 14.9 Å². The van der Waals surface area contributed by atoms with E-state index in [9.17, 15) is 15.0 Å². The normalized spacial score (nSPS) is 48.0. The summed E-state index contributed by atoms with van der Waals surface area (Å²) in [7, 11) is 0. The molecule has 1 unspecified atom stereocenters. The van der Waals surface area contributed by atoms with Gasteiger partial charge in [-0.25, -0.2) is 0 Å². The lowest BCUT2D eigenvalue weighted by atomic mass is 9.48. The number of carbonyl (C=O) groups is 1. The molecule has 0 aromatic rings. The quantitative estimate of drug-likeness (QED) is 0.621. The number of hydrogen-bond acceptors (Lipinski definition) is 4. The Hall–Kier alpha value is -0.870. The van der Waals surface area contributed by atoms with E-state index in [0.29, 0.717) is 6.42 Å². The maximum Gasteiger partial charge on any atom is 0.315 e. The van der Waals surface area contributed by atoms with Crippen molar-refractivity contribution in [2.45, 2.75) is 64.1 Å². The van der Waals surface area contributed by atoms with Gasteiger partial charge in [-0.05, 0) is 49.9 Å². The molecule has 3 rings (SSSR count). The third kappa shape index (κ3) is 2.00. The van der Waals surface area contributed by atoms with E-state index in [1.165, 1.54) is 0 Å². The molecule has 0 aromatic carbocycles. The molecule has 2 N–H and O–H groups in total. The van der Waals surface area contributed by atoms with Gasteiger partial charge >= 0.3 is 5.97 Å². The first kappa shape index (κ1) is 16.0. The van der Waals surface area contributed by atoms with Crippen molar-refractivity contribution in [2.24, 2.45) is 22.7 Å². The summed E-state index contributed by atoms with van der Waals surface area (Å²) < 4.78 is 5.39. The smallest absolute Gasteiger partial charge is 0.315 e. The number of cyclic esters (lactones) is 1. The zero-order chi connectivity index (χ0) is 16.0. The molecule has 4 heteroatoms. The fourth-order valence-electron chi connectivity index (χ4n) is 5.74. The van der Waals surface area contributed by atoms with E-state index in [2.05, 4.69) is 6.58 Å². The highest BCUT2D eigenvalue weighted by molar-refractivity contribution is 5.80. The summed E-state index contributed by atoms with van der Waals surface area (Å²) in [5, 5.41) is 21.5. The number of aliphatic hydroxyl groups excluding tert-OH is 2. The maximum atomic E-state index is 12.8. The number of esters is 1. The van der Waals surface area contributed by atoms with Crippen molar-refractivity contribution < 1.29 is 19.7 Å². The standard InChI is InChI=1S/C18H28O4/c1-3-4-8-17-9-5-12(2)18(15(17)13(19)6-10-17)14(20)7-11-22-16(18)21/h3,12-15,19-20H,1,4-11H2,2H3/t12-,13+,14-,15-,17?,18+/m1/s1. The first-order chi connectivity index (χ1) is 10.5. The highest BCUT2D eigenvalue weighted by Crippen LogP contribution is 2.65. The van der Waals surface area contributed by atoms with Crippen LogP contribution in [-0.2, 0) is 9.53 Å². The maximum absolute atomic E-state index is 12.8. The highest BCUT2D eigenvalue weighted by atomic mass is 16.5. The molecule has 1 spiro atoms. The Morgan fingerprint density at radius 3 is 2.73 bits per heavy atom. The van der Waals surface area contributed by atoms with Crippen molar-refractivity contribution in [3.8, 4) is 0 Å². The lowest BCUT2D eigenvalue weighted by molar-refractivity contribution is -0.216. The van der Waals surface area contributed by atoms with E-state index in [1.54, 1.807) is 0 Å². The predicted molar refractivity (Wildman–Crippen MR) is 83.0 cm³/mol. The molecule has 124 valence electrons. The molecule has 3 fully saturated rings. The van der Waals surface area contributed by atoms with Crippen LogP contribution in [0.25, 0.3) is 0 Å². The summed E-state index contributed by atoms with van der Waals surface area (Å²) in [4.78, 5) is 12.8. The van der Waals surface area contributed by atoms with Crippen LogP contribution in [0.3, 0.4) is 0 Å². The van der Waals surface area contributed by atoms with Gasteiger partial charge in [0.25, 0.3) is 0 Å². The van der Waals surface area contributed by atoms with Crippen LogP contribution in [0.2, 0.25) is 0 Å². The number of carbonyl (C=O) groups excluding carboxylic acids is 1. The van der Waals surface area contributed by atoms with Gasteiger partial charge in [-0.15, -0.1) is 6.58 Å². The molecule has 0 bridgehead atoms. The van der Waals surface area contributed by atoms with E-state index in [4.69, 9.17) is 4.74 Å². The van der Waals surface area contributed by atoms with Gasteiger partial charge in [-0.1, -0.05) is 13.0 Å². The van der Waals surface area contributed by atoms with Crippen molar-refractivity contribution in [3.05, 3.63) is 12.7 Å². The largest absolute Gasteiger partial charge is 0.465 e. The van der Waals surface area contributed by atoms with Gasteiger partial charge in [0.15, 0.2) is 0 Å². The summed E-state index contributed by atoms with van der Waals surface area (Å²) >= 11 is 0. The van der Waals surface area contributed by atoms with Crippen LogP contribution >= 0.6 is 0 Å². The molecule has 0 radical (unpaired) electrons. The molecule has 2 aliphatic carbocycles. The van der Waals surface area contributed by atoms with Crippen molar-refractivity contribution >= 4 is 5.97 Å². The minimum atomic E-state index is -0.923. The van der Waals surface area contributed by atoms with Gasteiger partial charge in [0.2, 0.25) is 0 Å². The molecule has 1 heterocycles. The van der Waals surface area contributed by atoms with Crippen LogP contribution in [-0.4, -0.2) is 35.0 Å². The number of aliphatic hydroxyl groups is 2. The van der Waals surface area contributed by atoms with Gasteiger partial charge in [0, 0.05) is 12.3 Å². The van der Waals surface area contributed by atoms with Gasteiger partial charge in [-0.3, -0.25) is 4.79 Å². The molecule has 2 saturated carbocycles. The Labute approximate surface area is 132 Å². The van der Waals surface area contributed by atoms with Crippen LogP contribution in [0.15, 0.2) is 12.7 Å². The average Bonchev–Trinajstić information content (AvgIpc) is 2.83. The second-order valence-corrected chi connectivity index (χ2v) is 7.59. The second kappa shape index (κ2) is 5.64. The number of ether oxygens (including phenoxy) is 1. The van der Waals surface area contributed by atoms with Crippen LogP contribution < -0.4 is 0 Å². The van der Waals surface area contributed by atoms with Crippen LogP contribution in [0.1, 0.15) is 51.9 Å². The zero-order valence-electron chi connectivity index (χ0n) is 13.5. The SMILES string of the molecule is C=CCCC12CC[C@@H](C)[C@@]3(C(=O)OCC[C@H]3O)[C@@H]1[C@@H](O)CC2. The molecule has 6 atom stereocenters. The van der Waals surface area contributed by atoms with E-state index in [1.807, 2.05) is 13.0 Å². The molecule has 0 aromatic heterocycles. The number of allylic oxidation sites excluding steroid dienone is 1. The number of hydrogen-bond donors (Lipinski definition) is 2. The number of rotatable bonds is 3. The van der Waals surface area contributed by atoms with Crippen molar-refractivity contribution in [3.63, 3.8) is 0 Å². The van der Waals surface area contributed by atoms with Gasteiger partial charge in [-0.2, -0.15) is 0 Å². The molecular formula is C18H28O4. The average molecular weight is 308 g/mol. The zero-order valence-corrected chi connectivity index (χ0v) is 13.5. The first-order valence-corrected chi connectivity index (χ1v) is 8.63. The Morgan fingerprint density at radius 2 is 2.05 bits per heavy atom. The fourth-order valence-corrected chi connectivity index (χ4v) is 5.74. The fraction of sp³-hybridized carbons (Fsp3) is 0.833. The monoisotopic (exact) mass is 308 g/mol. The summed E-state index contributed by atoms with van der Waals surface area (Å²) in [5.74, 6) is -0.427. The summed E-state index contributed by atoms with van der Waals surface area (Å²) in [6.07, 6.45) is 6.58. The Bertz CT molecular complexity index is 456. The van der Waals surface area contributed by atoms with E-state index >= 15 is 0 Å². The molecule has 0 amide bonds. The van der Waals surface area contributed by atoms with Crippen LogP contribution in [0.5, 0.6) is 0 Å². The molecular weight excluding hydrogens is 280 g/mol. The minimum absolute atomic E-state index is 0.0462. The predicted octanol–water partition coefficient (Wildman–Crippen LogP) is 2.43. The first-order valence-electron chi connectivity index (χ1n) is 8.63. The Morgan fingerprint density at radius 1 is 1.32 bits per heavy atom. The topological polar surface area (TPSA) is 66.8 Å². The summed E-state index contributed by atoms with van der Waals surface area (Å²) in [6.45, 7) is 6.15. The van der Waals surface area contributed by atoms with Gasteiger partial charge in [0.1, 0.15) is 5.41 Å². The minimum Gasteiger partial charge on any atom is -0.465 e. The summed E-state index contributed by atoms with van der Waals surface area (Å²) in [6, 6.07) is 0. The molecule has 4 nitrogen and oxygen atoms in total. The lowest BCUT2D eigenvalue weighted by Gasteiger charge is -2.57. The Kier molecular flexibility index (Phi) is 4.11. The number of fused-ring (bicyclic) bond motifs is 2. The molecule has 1 saturated heterocycles. The van der Waals surface area contributed by atoms with Crippen LogP contribution in [0, 0.1) is 22.7 Å². The van der Waals surface area contributed by atoms with Crippen molar-refractivity contribution in [2.75, 3.05) is 6.61 Å². The van der Waals surface area contributed by atoms with E-state index in [0.717, 1.165) is 38.5 Å². The Balaban J connectivity index is 2.07. The third-order valence-corrected chi connectivity index (χ3v) is 6.76. The van der Waals surface area contributed by atoms with Crippen LogP contribution in [0.4, 0.5) is 0 Å². The van der Waals surface area contributed by atoms with E-state index < -0.39 is 17.6 Å². The summed E-state index contributed by atoms with van der Waals surface area (Å²) in [5.41, 5.74) is -0.981. The van der Waals surface area contributed by atoms with Crippen molar-refractivity contribution in [1.82, 2.24) is 0 Å². The van der Waals surface area contributed by atoms with Crippen molar-refractivity contribution in [1.29, 1.82) is 0 Å². The highest BCUT2D eigenvalue weighted by Gasteiger charge is 2.68.